The second-order valence-electron chi connectivity index (χ2n) is 5.56. The van der Waals surface area contributed by atoms with Crippen molar-refractivity contribution in [1.82, 2.24) is 0 Å². The van der Waals surface area contributed by atoms with Crippen LogP contribution in [-0.4, -0.2) is 25.7 Å². The van der Waals surface area contributed by atoms with Crippen molar-refractivity contribution >= 4 is 22.9 Å². The van der Waals surface area contributed by atoms with E-state index >= 15 is 0 Å². The third kappa shape index (κ3) is 3.26. The first-order valence-electron chi connectivity index (χ1n) is 7.91. The van der Waals surface area contributed by atoms with Gasteiger partial charge in [0, 0.05) is 18.1 Å². The average Bonchev–Trinajstić information content (AvgIpc) is 3.12. The number of nitrogens with one attached hydrogen (secondary N) is 1. The Hall–Kier alpha value is -1.85. The second-order valence-corrected chi connectivity index (χ2v) is 6.50. The number of amides is 1. The minimum absolute atomic E-state index is 0.0235. The Balaban J connectivity index is 1.88. The number of carbonyl (C=O) groups excluding carboxylic acids is 1. The molecule has 1 fully saturated rings. The summed E-state index contributed by atoms with van der Waals surface area (Å²) in [5, 5.41) is 5.10. The van der Waals surface area contributed by atoms with Crippen molar-refractivity contribution < 1.29 is 14.3 Å². The van der Waals surface area contributed by atoms with Gasteiger partial charge in [-0.2, -0.15) is 0 Å². The van der Waals surface area contributed by atoms with Gasteiger partial charge in [0.05, 0.1) is 17.7 Å². The molecule has 1 aliphatic rings. The van der Waals surface area contributed by atoms with E-state index in [0.717, 1.165) is 10.6 Å². The summed E-state index contributed by atoms with van der Waals surface area (Å²) in [6, 6.07) is 11.6. The Labute approximate surface area is 140 Å². The highest BCUT2D eigenvalue weighted by Gasteiger charge is 2.42. The van der Waals surface area contributed by atoms with E-state index in [1.807, 2.05) is 48.7 Å². The molecule has 1 aliphatic heterocycles. The van der Waals surface area contributed by atoms with Gasteiger partial charge in [0.15, 0.2) is 0 Å². The van der Waals surface area contributed by atoms with Crippen LogP contribution in [0.1, 0.15) is 24.6 Å². The molecule has 4 nitrogen and oxygen atoms in total. The van der Waals surface area contributed by atoms with E-state index in [1.165, 1.54) is 0 Å². The molecule has 0 unspecified atom stereocenters. The number of rotatable bonds is 5. The lowest BCUT2D eigenvalue weighted by molar-refractivity contribution is -0.125. The van der Waals surface area contributed by atoms with Gasteiger partial charge in [-0.15, -0.1) is 11.3 Å². The van der Waals surface area contributed by atoms with Gasteiger partial charge in [-0.3, -0.25) is 4.79 Å². The average molecular weight is 331 g/mol. The zero-order valence-corrected chi connectivity index (χ0v) is 14.0. The summed E-state index contributed by atoms with van der Waals surface area (Å²) in [6.07, 6.45) is 1.41. The first-order valence-corrected chi connectivity index (χ1v) is 8.79. The lowest BCUT2D eigenvalue weighted by Crippen LogP contribution is -2.44. The van der Waals surface area contributed by atoms with Crippen LogP contribution in [0.25, 0.3) is 0 Å². The molecular weight excluding hydrogens is 310 g/mol. The lowest BCUT2D eigenvalue weighted by Gasteiger charge is -2.35. The molecule has 0 radical (unpaired) electrons. The molecule has 0 saturated carbocycles. The molecule has 5 heteroatoms. The molecule has 1 saturated heterocycles. The van der Waals surface area contributed by atoms with Gasteiger partial charge in [-0.05, 0) is 43.3 Å². The lowest BCUT2D eigenvalue weighted by atomic mass is 9.78. The monoisotopic (exact) mass is 331 g/mol. The Kier molecular flexibility index (Phi) is 4.98. The van der Waals surface area contributed by atoms with Crippen molar-refractivity contribution in [3.05, 3.63) is 46.7 Å². The zero-order chi connectivity index (χ0) is 16.1. The molecule has 3 rings (SSSR count). The summed E-state index contributed by atoms with van der Waals surface area (Å²) >= 11 is 1.63. The molecule has 1 aromatic heterocycles. The first kappa shape index (κ1) is 16.0. The van der Waals surface area contributed by atoms with Gasteiger partial charge in [0.25, 0.3) is 0 Å². The minimum Gasteiger partial charge on any atom is -0.492 e. The topological polar surface area (TPSA) is 47.6 Å². The van der Waals surface area contributed by atoms with Crippen LogP contribution in [0.4, 0.5) is 5.69 Å². The van der Waals surface area contributed by atoms with Gasteiger partial charge >= 0.3 is 0 Å². The predicted molar refractivity (Wildman–Crippen MR) is 92.3 cm³/mol. The number of para-hydroxylation sites is 2. The van der Waals surface area contributed by atoms with E-state index in [2.05, 4.69) is 5.32 Å². The zero-order valence-electron chi connectivity index (χ0n) is 13.2. The van der Waals surface area contributed by atoms with Gasteiger partial charge in [0.2, 0.25) is 5.91 Å². The fraction of sp³-hybridized carbons (Fsp3) is 0.389. The Morgan fingerprint density at radius 1 is 1.26 bits per heavy atom. The molecule has 122 valence electrons. The Morgan fingerprint density at radius 2 is 2.04 bits per heavy atom. The van der Waals surface area contributed by atoms with Crippen LogP contribution in [-0.2, 0) is 14.9 Å². The number of anilines is 1. The highest BCUT2D eigenvalue weighted by Crippen LogP contribution is 2.39. The molecule has 0 aliphatic carbocycles. The van der Waals surface area contributed by atoms with Crippen molar-refractivity contribution in [2.45, 2.75) is 25.2 Å². The fourth-order valence-electron chi connectivity index (χ4n) is 2.95. The van der Waals surface area contributed by atoms with E-state index in [1.54, 1.807) is 11.3 Å². The largest absolute Gasteiger partial charge is 0.492 e. The van der Waals surface area contributed by atoms with Gasteiger partial charge in [0.1, 0.15) is 5.75 Å². The van der Waals surface area contributed by atoms with Crippen molar-refractivity contribution in [2.24, 2.45) is 0 Å². The molecule has 1 aromatic carbocycles. The summed E-state index contributed by atoms with van der Waals surface area (Å²) in [5.41, 5.74) is 0.216. The maximum atomic E-state index is 13.1. The molecule has 0 bridgehead atoms. The summed E-state index contributed by atoms with van der Waals surface area (Å²) in [5.74, 6) is 0.729. The molecule has 1 amide bonds. The number of benzene rings is 1. The van der Waals surface area contributed by atoms with Crippen LogP contribution in [0.5, 0.6) is 5.75 Å². The van der Waals surface area contributed by atoms with Gasteiger partial charge in [-0.25, -0.2) is 0 Å². The number of thiophene rings is 1. The van der Waals surface area contributed by atoms with E-state index in [-0.39, 0.29) is 5.91 Å². The van der Waals surface area contributed by atoms with E-state index in [0.29, 0.717) is 38.4 Å². The SMILES string of the molecule is CCOc1ccccc1NC(=O)C1(c2cccs2)CCOCC1. The van der Waals surface area contributed by atoms with Crippen LogP contribution < -0.4 is 10.1 Å². The Bertz CT molecular complexity index is 648. The molecule has 0 spiro atoms. The number of hydrogen-bond acceptors (Lipinski definition) is 4. The molecule has 23 heavy (non-hydrogen) atoms. The number of carbonyl (C=O) groups is 1. The van der Waals surface area contributed by atoms with Crippen LogP contribution in [0, 0.1) is 0 Å². The number of hydrogen-bond donors (Lipinski definition) is 1. The second kappa shape index (κ2) is 7.15. The highest BCUT2D eigenvalue weighted by molar-refractivity contribution is 7.10. The van der Waals surface area contributed by atoms with Gasteiger partial charge in [-0.1, -0.05) is 18.2 Å². The molecule has 2 aromatic rings. The Morgan fingerprint density at radius 3 is 2.74 bits per heavy atom. The van der Waals surface area contributed by atoms with Crippen LogP contribution >= 0.6 is 11.3 Å². The maximum absolute atomic E-state index is 13.1. The molecule has 1 N–H and O–H groups in total. The van der Waals surface area contributed by atoms with Crippen molar-refractivity contribution in [3.8, 4) is 5.75 Å². The molecule has 0 atom stereocenters. The van der Waals surface area contributed by atoms with E-state index < -0.39 is 5.41 Å². The smallest absolute Gasteiger partial charge is 0.236 e. The van der Waals surface area contributed by atoms with Crippen LogP contribution in [0.15, 0.2) is 41.8 Å². The maximum Gasteiger partial charge on any atom is 0.236 e. The summed E-state index contributed by atoms with van der Waals surface area (Å²) < 4.78 is 11.1. The van der Waals surface area contributed by atoms with Crippen molar-refractivity contribution in [1.29, 1.82) is 0 Å². The predicted octanol–water partition coefficient (Wildman–Crippen LogP) is 3.83. The third-order valence-corrected chi connectivity index (χ3v) is 5.28. The minimum atomic E-state index is -0.508. The van der Waals surface area contributed by atoms with Crippen LogP contribution in [0.3, 0.4) is 0 Å². The highest BCUT2D eigenvalue weighted by atomic mass is 32.1. The molecular formula is C18H21NO3S. The van der Waals surface area contributed by atoms with Crippen molar-refractivity contribution in [3.63, 3.8) is 0 Å². The van der Waals surface area contributed by atoms with E-state index in [4.69, 9.17) is 9.47 Å². The summed E-state index contributed by atoms with van der Waals surface area (Å²) in [7, 11) is 0. The fourth-order valence-corrected chi connectivity index (χ4v) is 3.93. The summed E-state index contributed by atoms with van der Waals surface area (Å²) in [4.78, 5) is 14.2. The quantitative estimate of drug-likeness (QED) is 0.906. The number of ether oxygens (including phenoxy) is 2. The summed E-state index contributed by atoms with van der Waals surface area (Å²) in [6.45, 7) is 3.72. The van der Waals surface area contributed by atoms with Crippen LogP contribution in [0.2, 0.25) is 0 Å². The van der Waals surface area contributed by atoms with Crippen molar-refractivity contribution in [2.75, 3.05) is 25.1 Å². The third-order valence-electron chi connectivity index (χ3n) is 4.21. The first-order chi connectivity index (χ1) is 11.3. The standard InChI is InChI=1S/C18H21NO3S/c1-2-22-15-7-4-3-6-14(15)19-17(20)18(9-11-21-12-10-18)16-8-5-13-23-16/h3-8,13H,2,9-12H2,1H3,(H,19,20). The normalized spacial score (nSPS) is 16.7. The van der Waals surface area contributed by atoms with E-state index in [9.17, 15) is 4.79 Å². The molecule has 2 heterocycles. The van der Waals surface area contributed by atoms with Gasteiger partial charge < -0.3 is 14.8 Å².